The van der Waals surface area contributed by atoms with Gasteiger partial charge in [0.25, 0.3) is 0 Å². The number of rotatable bonds is 5. The fourth-order valence-electron chi connectivity index (χ4n) is 2.30. The van der Waals surface area contributed by atoms with Crippen LogP contribution in [0.15, 0.2) is 24.8 Å². The third-order valence-corrected chi connectivity index (χ3v) is 3.31. The number of hydrogen-bond acceptors (Lipinski definition) is 3. The summed E-state index contributed by atoms with van der Waals surface area (Å²) < 4.78 is 3.98. The van der Waals surface area contributed by atoms with Gasteiger partial charge in [0.1, 0.15) is 5.82 Å². The number of hydrogen-bond donors (Lipinski definition) is 1. The van der Waals surface area contributed by atoms with Crippen LogP contribution in [0, 0.1) is 0 Å². The maximum absolute atomic E-state index is 6.29. The highest BCUT2D eigenvalue weighted by molar-refractivity contribution is 5.17. The number of aromatic nitrogens is 4. The van der Waals surface area contributed by atoms with Gasteiger partial charge >= 0.3 is 0 Å². The molecule has 0 aliphatic carbocycles. The van der Waals surface area contributed by atoms with Crippen LogP contribution in [-0.4, -0.2) is 25.4 Å². The van der Waals surface area contributed by atoms with E-state index in [0.717, 1.165) is 24.2 Å². The molecule has 0 fully saturated rings. The molecule has 0 radical (unpaired) electrons. The smallest absolute Gasteiger partial charge is 0.108 e. The average Bonchev–Trinajstić information content (AvgIpc) is 2.99. The molecule has 0 bridgehead atoms. The summed E-state index contributed by atoms with van der Waals surface area (Å²) in [6.07, 6.45) is 9.58. The minimum absolute atomic E-state index is 0.0636. The second kappa shape index (κ2) is 5.35. The van der Waals surface area contributed by atoms with Crippen LogP contribution in [0.25, 0.3) is 0 Å². The molecular weight excluding hydrogens is 226 g/mol. The van der Waals surface area contributed by atoms with Crippen molar-refractivity contribution in [2.24, 2.45) is 12.8 Å². The number of nitrogens with zero attached hydrogens (tertiary/aromatic N) is 4. The van der Waals surface area contributed by atoms with Crippen LogP contribution in [0.5, 0.6) is 0 Å². The molecular formula is C13H21N5. The van der Waals surface area contributed by atoms with Crippen LogP contribution in [-0.2, 0) is 13.5 Å². The number of nitrogens with two attached hydrogens (primary N) is 1. The Labute approximate surface area is 108 Å². The Morgan fingerprint density at radius 1 is 1.39 bits per heavy atom. The van der Waals surface area contributed by atoms with E-state index in [9.17, 15) is 0 Å². The van der Waals surface area contributed by atoms with Gasteiger partial charge in [0, 0.05) is 43.7 Å². The summed E-state index contributed by atoms with van der Waals surface area (Å²) in [6, 6.07) is 0.176. The molecule has 0 saturated carbocycles. The fraction of sp³-hybridized carbons (Fsp3) is 0.538. The molecule has 2 heterocycles. The highest BCUT2D eigenvalue weighted by Crippen LogP contribution is 2.24. The third-order valence-electron chi connectivity index (χ3n) is 3.31. The molecule has 0 aromatic carbocycles. The van der Waals surface area contributed by atoms with E-state index in [1.807, 2.05) is 36.5 Å². The molecule has 0 amide bonds. The van der Waals surface area contributed by atoms with Gasteiger partial charge in [-0.25, -0.2) is 4.98 Å². The van der Waals surface area contributed by atoms with Gasteiger partial charge in [0.2, 0.25) is 0 Å². The lowest BCUT2D eigenvalue weighted by Crippen LogP contribution is -2.33. The molecule has 5 heteroatoms. The van der Waals surface area contributed by atoms with Crippen molar-refractivity contribution in [1.82, 2.24) is 19.3 Å². The van der Waals surface area contributed by atoms with E-state index in [2.05, 4.69) is 28.5 Å². The first-order valence-corrected chi connectivity index (χ1v) is 6.43. The highest BCUT2D eigenvalue weighted by atomic mass is 15.2. The Balaban J connectivity index is 2.43. The number of imidazole rings is 1. The Morgan fingerprint density at radius 2 is 2.17 bits per heavy atom. The second-order valence-corrected chi connectivity index (χ2v) is 4.57. The van der Waals surface area contributed by atoms with Crippen LogP contribution < -0.4 is 5.73 Å². The Hall–Kier alpha value is -1.62. The van der Waals surface area contributed by atoms with E-state index in [1.165, 1.54) is 0 Å². The summed E-state index contributed by atoms with van der Waals surface area (Å²) >= 11 is 0. The largest absolute Gasteiger partial charge is 0.326 e. The lowest BCUT2D eigenvalue weighted by molar-refractivity contribution is 0.447. The van der Waals surface area contributed by atoms with Gasteiger partial charge in [-0.1, -0.05) is 13.8 Å². The summed E-state index contributed by atoms with van der Waals surface area (Å²) in [5.74, 6) is 1.06. The van der Waals surface area contributed by atoms with Gasteiger partial charge in [-0.2, -0.15) is 5.10 Å². The van der Waals surface area contributed by atoms with Gasteiger partial charge in [0.05, 0.1) is 12.2 Å². The summed E-state index contributed by atoms with van der Waals surface area (Å²) in [6.45, 7) is 4.22. The van der Waals surface area contributed by atoms with Crippen molar-refractivity contribution in [3.05, 3.63) is 36.2 Å². The Morgan fingerprint density at radius 3 is 2.72 bits per heavy atom. The van der Waals surface area contributed by atoms with E-state index >= 15 is 0 Å². The van der Waals surface area contributed by atoms with Crippen molar-refractivity contribution >= 4 is 0 Å². The fourth-order valence-corrected chi connectivity index (χ4v) is 2.30. The molecule has 5 nitrogen and oxygen atoms in total. The van der Waals surface area contributed by atoms with Crippen molar-refractivity contribution < 1.29 is 0 Å². The molecule has 2 aromatic rings. The van der Waals surface area contributed by atoms with E-state index in [4.69, 9.17) is 5.73 Å². The van der Waals surface area contributed by atoms with E-state index in [0.29, 0.717) is 0 Å². The van der Waals surface area contributed by atoms with Crippen LogP contribution in [0.1, 0.15) is 37.7 Å². The standard InChI is InChI=1S/C13H21N5/c1-4-11(14)13(10-8-16-17(3)9-10)18-7-6-15-12(18)5-2/h6-9,11,13H,4-5,14H2,1-3H3. The van der Waals surface area contributed by atoms with Crippen LogP contribution in [0.3, 0.4) is 0 Å². The molecule has 98 valence electrons. The zero-order valence-electron chi connectivity index (χ0n) is 11.2. The van der Waals surface area contributed by atoms with Crippen molar-refractivity contribution in [3.8, 4) is 0 Å². The monoisotopic (exact) mass is 247 g/mol. The molecule has 18 heavy (non-hydrogen) atoms. The summed E-state index contributed by atoms with van der Waals surface area (Å²) in [7, 11) is 1.92. The average molecular weight is 247 g/mol. The van der Waals surface area contributed by atoms with Crippen LogP contribution in [0.2, 0.25) is 0 Å². The molecule has 0 spiro atoms. The lowest BCUT2D eigenvalue weighted by Gasteiger charge is -2.25. The summed E-state index contributed by atoms with van der Waals surface area (Å²) in [4.78, 5) is 4.38. The zero-order chi connectivity index (χ0) is 13.1. The quantitative estimate of drug-likeness (QED) is 0.871. The third kappa shape index (κ3) is 2.31. The molecule has 0 saturated heterocycles. The molecule has 2 N–H and O–H groups in total. The van der Waals surface area contributed by atoms with Crippen molar-refractivity contribution in [2.75, 3.05) is 0 Å². The maximum atomic E-state index is 6.29. The summed E-state index contributed by atoms with van der Waals surface area (Å²) in [5, 5.41) is 4.25. The van der Waals surface area contributed by atoms with Crippen molar-refractivity contribution in [1.29, 1.82) is 0 Å². The van der Waals surface area contributed by atoms with E-state index in [1.54, 1.807) is 0 Å². The van der Waals surface area contributed by atoms with Gasteiger partial charge in [-0.05, 0) is 6.42 Å². The second-order valence-electron chi connectivity index (χ2n) is 4.57. The van der Waals surface area contributed by atoms with Gasteiger partial charge < -0.3 is 10.3 Å². The normalized spacial score (nSPS) is 14.7. The van der Waals surface area contributed by atoms with Crippen LogP contribution >= 0.6 is 0 Å². The first kappa shape index (κ1) is 12.8. The molecule has 2 unspecified atom stereocenters. The minimum Gasteiger partial charge on any atom is -0.326 e. The minimum atomic E-state index is 0.0636. The van der Waals surface area contributed by atoms with Gasteiger partial charge in [0.15, 0.2) is 0 Å². The first-order valence-electron chi connectivity index (χ1n) is 6.43. The molecule has 2 aromatic heterocycles. The highest BCUT2D eigenvalue weighted by Gasteiger charge is 2.23. The summed E-state index contributed by atoms with van der Waals surface area (Å²) in [5.41, 5.74) is 7.43. The number of aryl methyl sites for hydroxylation is 2. The maximum Gasteiger partial charge on any atom is 0.108 e. The molecule has 2 rings (SSSR count). The predicted octanol–water partition coefficient (Wildman–Crippen LogP) is 1.51. The SMILES string of the molecule is CCc1nccn1C(c1cnn(C)c1)C(N)CC. The predicted molar refractivity (Wildman–Crippen MR) is 71.2 cm³/mol. The Bertz CT molecular complexity index is 499. The molecule has 0 aliphatic rings. The zero-order valence-corrected chi connectivity index (χ0v) is 11.2. The van der Waals surface area contributed by atoms with Crippen molar-refractivity contribution in [3.63, 3.8) is 0 Å². The molecule has 0 aliphatic heterocycles. The Kier molecular flexibility index (Phi) is 3.81. The lowest BCUT2D eigenvalue weighted by atomic mass is 10.0. The topological polar surface area (TPSA) is 61.7 Å². The first-order chi connectivity index (χ1) is 8.67. The van der Waals surface area contributed by atoms with Gasteiger partial charge in [-0.15, -0.1) is 0 Å². The van der Waals surface area contributed by atoms with Gasteiger partial charge in [-0.3, -0.25) is 4.68 Å². The van der Waals surface area contributed by atoms with E-state index < -0.39 is 0 Å². The van der Waals surface area contributed by atoms with Crippen LogP contribution in [0.4, 0.5) is 0 Å². The van der Waals surface area contributed by atoms with E-state index in [-0.39, 0.29) is 12.1 Å². The van der Waals surface area contributed by atoms with Crippen molar-refractivity contribution in [2.45, 2.75) is 38.8 Å². The molecule has 2 atom stereocenters.